The van der Waals surface area contributed by atoms with Crippen LogP contribution in [-0.2, 0) is 4.79 Å². The van der Waals surface area contributed by atoms with E-state index in [0.717, 1.165) is 19.4 Å². The van der Waals surface area contributed by atoms with Crippen LogP contribution in [0.1, 0.15) is 12.8 Å². The molecule has 1 rings (SSSR count). The van der Waals surface area contributed by atoms with Crippen molar-refractivity contribution in [2.45, 2.75) is 12.8 Å². The summed E-state index contributed by atoms with van der Waals surface area (Å²) in [7, 11) is 0. The second-order valence-electron chi connectivity index (χ2n) is 2.22. The summed E-state index contributed by atoms with van der Waals surface area (Å²) in [6.45, 7) is 4.16. The first-order valence-corrected chi connectivity index (χ1v) is 3.17. The van der Waals surface area contributed by atoms with Gasteiger partial charge in [-0.2, -0.15) is 0 Å². The van der Waals surface area contributed by atoms with Crippen LogP contribution in [0.5, 0.6) is 0 Å². The minimum absolute atomic E-state index is 0.150. The van der Waals surface area contributed by atoms with Crippen LogP contribution < -0.4 is 0 Å². The SMILES string of the molecule is C=C(C(=O)O)C1=NCCC1. The zero-order valence-electron chi connectivity index (χ0n) is 5.63. The van der Waals surface area contributed by atoms with Gasteiger partial charge in [-0.3, -0.25) is 4.99 Å². The largest absolute Gasteiger partial charge is 0.478 e. The van der Waals surface area contributed by atoms with Crippen molar-refractivity contribution in [3.63, 3.8) is 0 Å². The van der Waals surface area contributed by atoms with Crippen molar-refractivity contribution in [3.05, 3.63) is 12.2 Å². The molecule has 0 saturated heterocycles. The summed E-state index contributed by atoms with van der Waals surface area (Å²) in [5.41, 5.74) is 0.810. The fourth-order valence-corrected chi connectivity index (χ4v) is 0.909. The third kappa shape index (κ3) is 1.23. The Hall–Kier alpha value is -1.12. The fourth-order valence-electron chi connectivity index (χ4n) is 0.909. The molecular weight excluding hydrogens is 130 g/mol. The molecule has 1 N–H and O–H groups in total. The lowest BCUT2D eigenvalue weighted by Crippen LogP contribution is -2.08. The molecule has 0 aromatic carbocycles. The highest BCUT2D eigenvalue weighted by atomic mass is 16.4. The predicted molar refractivity (Wildman–Crippen MR) is 38.3 cm³/mol. The van der Waals surface area contributed by atoms with Crippen molar-refractivity contribution in [1.29, 1.82) is 0 Å². The number of aliphatic imine (C=N–C) groups is 1. The molecule has 0 spiro atoms. The van der Waals surface area contributed by atoms with Gasteiger partial charge in [0.05, 0.1) is 5.57 Å². The summed E-state index contributed by atoms with van der Waals surface area (Å²) >= 11 is 0. The average molecular weight is 139 g/mol. The van der Waals surface area contributed by atoms with E-state index in [-0.39, 0.29) is 5.57 Å². The lowest BCUT2D eigenvalue weighted by molar-refractivity contribution is -0.132. The van der Waals surface area contributed by atoms with E-state index in [1.807, 2.05) is 0 Å². The van der Waals surface area contributed by atoms with Gasteiger partial charge < -0.3 is 5.11 Å². The lowest BCUT2D eigenvalue weighted by Gasteiger charge is -1.95. The van der Waals surface area contributed by atoms with Gasteiger partial charge in [0.1, 0.15) is 0 Å². The Labute approximate surface area is 59.1 Å². The molecule has 10 heavy (non-hydrogen) atoms. The fraction of sp³-hybridized carbons (Fsp3) is 0.429. The number of rotatable bonds is 2. The maximum atomic E-state index is 10.3. The van der Waals surface area contributed by atoms with E-state index in [2.05, 4.69) is 11.6 Å². The monoisotopic (exact) mass is 139 g/mol. The maximum Gasteiger partial charge on any atom is 0.336 e. The van der Waals surface area contributed by atoms with Crippen LogP contribution in [0.4, 0.5) is 0 Å². The molecule has 1 heterocycles. The molecule has 1 aliphatic rings. The molecule has 0 atom stereocenters. The van der Waals surface area contributed by atoms with E-state index in [9.17, 15) is 4.79 Å². The number of hydrogen-bond donors (Lipinski definition) is 1. The van der Waals surface area contributed by atoms with Gasteiger partial charge in [-0.25, -0.2) is 4.79 Å². The Kier molecular flexibility index (Phi) is 1.85. The van der Waals surface area contributed by atoms with Crippen LogP contribution in [0.25, 0.3) is 0 Å². The van der Waals surface area contributed by atoms with Crippen molar-refractivity contribution < 1.29 is 9.90 Å². The van der Waals surface area contributed by atoms with Crippen LogP contribution in [-0.4, -0.2) is 23.3 Å². The predicted octanol–water partition coefficient (Wildman–Crippen LogP) is 0.862. The molecule has 0 aromatic heterocycles. The normalized spacial score (nSPS) is 16.6. The minimum atomic E-state index is -0.958. The van der Waals surface area contributed by atoms with E-state index >= 15 is 0 Å². The summed E-state index contributed by atoms with van der Waals surface area (Å²) < 4.78 is 0. The Morgan fingerprint density at radius 1 is 1.70 bits per heavy atom. The quantitative estimate of drug-likeness (QED) is 0.577. The maximum absolute atomic E-state index is 10.3. The second-order valence-corrected chi connectivity index (χ2v) is 2.22. The Morgan fingerprint density at radius 2 is 2.40 bits per heavy atom. The number of carboxylic acids is 1. The summed E-state index contributed by atoms with van der Waals surface area (Å²) in [5, 5.41) is 8.46. The molecule has 0 amide bonds. The van der Waals surface area contributed by atoms with Gasteiger partial charge in [0.15, 0.2) is 0 Å². The summed E-state index contributed by atoms with van der Waals surface area (Å²) in [6.07, 6.45) is 1.73. The van der Waals surface area contributed by atoms with Gasteiger partial charge in [0.25, 0.3) is 0 Å². The van der Waals surface area contributed by atoms with Gasteiger partial charge in [-0.15, -0.1) is 0 Å². The number of carboxylic acid groups (broad SMARTS) is 1. The molecule has 0 aliphatic carbocycles. The molecule has 0 aromatic rings. The Morgan fingerprint density at radius 3 is 2.80 bits per heavy atom. The Bertz CT molecular complexity index is 206. The van der Waals surface area contributed by atoms with Gasteiger partial charge in [-0.1, -0.05) is 6.58 Å². The van der Waals surface area contributed by atoms with Crippen LogP contribution in [0, 0.1) is 0 Å². The van der Waals surface area contributed by atoms with Gasteiger partial charge in [0.2, 0.25) is 0 Å². The number of hydrogen-bond acceptors (Lipinski definition) is 2. The molecule has 0 bridgehead atoms. The molecule has 0 unspecified atom stereocenters. The van der Waals surface area contributed by atoms with E-state index < -0.39 is 5.97 Å². The highest BCUT2D eigenvalue weighted by Gasteiger charge is 2.14. The highest BCUT2D eigenvalue weighted by Crippen LogP contribution is 2.10. The summed E-state index contributed by atoms with van der Waals surface area (Å²) in [4.78, 5) is 14.3. The molecule has 3 nitrogen and oxygen atoms in total. The van der Waals surface area contributed by atoms with Crippen LogP contribution in [0.2, 0.25) is 0 Å². The van der Waals surface area contributed by atoms with Gasteiger partial charge >= 0.3 is 5.97 Å². The first-order chi connectivity index (χ1) is 4.72. The molecule has 0 radical (unpaired) electrons. The topological polar surface area (TPSA) is 49.7 Å². The Balaban J connectivity index is 2.65. The van der Waals surface area contributed by atoms with Gasteiger partial charge in [-0.05, 0) is 12.8 Å². The summed E-state index contributed by atoms with van der Waals surface area (Å²) in [5.74, 6) is -0.958. The zero-order chi connectivity index (χ0) is 7.56. The smallest absolute Gasteiger partial charge is 0.336 e. The average Bonchev–Trinajstić information content (AvgIpc) is 2.36. The van der Waals surface area contributed by atoms with E-state index in [1.54, 1.807) is 0 Å². The van der Waals surface area contributed by atoms with Crippen molar-refractivity contribution in [3.8, 4) is 0 Å². The third-order valence-electron chi connectivity index (χ3n) is 1.48. The highest BCUT2D eigenvalue weighted by molar-refractivity contribution is 6.19. The number of carbonyl (C=O) groups is 1. The van der Waals surface area contributed by atoms with Crippen LogP contribution >= 0.6 is 0 Å². The summed E-state index contributed by atoms with van der Waals surface area (Å²) in [6, 6.07) is 0. The van der Waals surface area contributed by atoms with E-state index in [1.165, 1.54) is 0 Å². The van der Waals surface area contributed by atoms with Gasteiger partial charge in [0, 0.05) is 12.3 Å². The van der Waals surface area contributed by atoms with E-state index in [4.69, 9.17) is 5.11 Å². The third-order valence-corrected chi connectivity index (χ3v) is 1.48. The van der Waals surface area contributed by atoms with Crippen molar-refractivity contribution in [2.75, 3.05) is 6.54 Å². The molecule has 3 heteroatoms. The van der Waals surface area contributed by atoms with Crippen LogP contribution in [0.3, 0.4) is 0 Å². The van der Waals surface area contributed by atoms with Crippen molar-refractivity contribution in [2.24, 2.45) is 4.99 Å². The molecule has 1 aliphatic heterocycles. The molecular formula is C7H9NO2. The van der Waals surface area contributed by atoms with Crippen molar-refractivity contribution >= 4 is 11.7 Å². The molecule has 0 saturated carbocycles. The molecule has 54 valence electrons. The van der Waals surface area contributed by atoms with Crippen LogP contribution in [0.15, 0.2) is 17.1 Å². The molecule has 0 fully saturated rings. The first-order valence-electron chi connectivity index (χ1n) is 3.17. The first kappa shape index (κ1) is 6.99. The standard InChI is InChI=1S/C7H9NO2/c1-5(7(9)10)6-3-2-4-8-6/h1-4H2,(H,9,10). The number of nitrogens with zero attached hydrogens (tertiary/aromatic N) is 1. The van der Waals surface area contributed by atoms with E-state index in [0.29, 0.717) is 5.71 Å². The zero-order valence-corrected chi connectivity index (χ0v) is 5.63. The second kappa shape index (κ2) is 2.64. The van der Waals surface area contributed by atoms with Crippen molar-refractivity contribution in [1.82, 2.24) is 0 Å². The minimum Gasteiger partial charge on any atom is -0.478 e. The lowest BCUT2D eigenvalue weighted by atomic mass is 10.1. The number of aliphatic carboxylic acids is 1.